The van der Waals surface area contributed by atoms with Gasteiger partial charge in [0.05, 0.1) is 9.82 Å². The van der Waals surface area contributed by atoms with Gasteiger partial charge in [-0.2, -0.15) is 4.31 Å². The second-order valence-corrected chi connectivity index (χ2v) is 8.78. The Labute approximate surface area is 159 Å². The Bertz CT molecular complexity index is 905. The van der Waals surface area contributed by atoms with Crippen LogP contribution in [0.4, 0.5) is 11.5 Å². The zero-order valence-electron chi connectivity index (χ0n) is 13.7. The lowest BCUT2D eigenvalue weighted by molar-refractivity contribution is -0.384. The van der Waals surface area contributed by atoms with Crippen LogP contribution in [0.2, 0.25) is 0 Å². The topological polar surface area (TPSA) is 105 Å². The molecule has 0 aliphatic carbocycles. The number of nitrogens with zero attached hydrogens (tertiary/aromatic N) is 3. The van der Waals surface area contributed by atoms with E-state index < -0.39 is 14.9 Å². The van der Waals surface area contributed by atoms with Gasteiger partial charge in [0.15, 0.2) is 0 Å². The third-order valence-corrected chi connectivity index (χ3v) is 6.57. The number of hydrogen-bond donors (Lipinski definition) is 1. The second-order valence-electron chi connectivity index (χ2n) is 5.93. The third-order valence-electron chi connectivity index (χ3n) is 4.16. The van der Waals surface area contributed by atoms with Crippen LogP contribution in [0.25, 0.3) is 0 Å². The van der Waals surface area contributed by atoms with E-state index >= 15 is 0 Å². The van der Waals surface area contributed by atoms with Crippen LogP contribution >= 0.6 is 15.9 Å². The average molecular weight is 441 g/mol. The number of benzene rings is 1. The van der Waals surface area contributed by atoms with E-state index in [1.54, 1.807) is 24.3 Å². The summed E-state index contributed by atoms with van der Waals surface area (Å²) in [6, 6.07) is 9.10. The highest BCUT2D eigenvalue weighted by Crippen LogP contribution is 2.26. The molecule has 1 N–H and O–H groups in total. The number of pyridine rings is 1. The van der Waals surface area contributed by atoms with Crippen molar-refractivity contribution >= 4 is 37.5 Å². The summed E-state index contributed by atoms with van der Waals surface area (Å²) in [5.74, 6) is 0.158. The van der Waals surface area contributed by atoms with Gasteiger partial charge in [0.25, 0.3) is 0 Å². The second kappa shape index (κ2) is 7.68. The summed E-state index contributed by atoms with van der Waals surface area (Å²) in [7, 11) is -3.61. The van der Waals surface area contributed by atoms with Crippen LogP contribution in [0.3, 0.4) is 0 Å². The molecule has 138 valence electrons. The molecular formula is C16H17BrN4O4S. The molecule has 1 saturated heterocycles. The Balaban J connectivity index is 1.77. The molecule has 1 aromatic heterocycles. The van der Waals surface area contributed by atoms with Gasteiger partial charge in [-0.25, -0.2) is 13.4 Å². The highest BCUT2D eigenvalue weighted by molar-refractivity contribution is 9.10. The van der Waals surface area contributed by atoms with E-state index in [1.807, 2.05) is 0 Å². The summed E-state index contributed by atoms with van der Waals surface area (Å²) >= 11 is 3.29. The maximum absolute atomic E-state index is 12.8. The summed E-state index contributed by atoms with van der Waals surface area (Å²) in [6.45, 7) is 0.646. The summed E-state index contributed by atoms with van der Waals surface area (Å²) < 4.78 is 27.9. The molecule has 0 spiro atoms. The van der Waals surface area contributed by atoms with E-state index in [9.17, 15) is 18.5 Å². The van der Waals surface area contributed by atoms with E-state index in [4.69, 9.17) is 0 Å². The number of nitrogens with one attached hydrogen (secondary N) is 1. The molecule has 0 bridgehead atoms. The first kappa shape index (κ1) is 18.7. The van der Waals surface area contributed by atoms with Crippen LogP contribution in [-0.4, -0.2) is 41.8 Å². The molecule has 1 atom stereocenters. The number of anilines is 1. The first-order valence-electron chi connectivity index (χ1n) is 7.99. The fourth-order valence-corrected chi connectivity index (χ4v) is 4.67. The number of halogens is 1. The highest BCUT2D eigenvalue weighted by atomic mass is 79.9. The molecule has 0 saturated carbocycles. The maximum atomic E-state index is 12.8. The largest absolute Gasteiger partial charge is 0.360 e. The summed E-state index contributed by atoms with van der Waals surface area (Å²) in [6.07, 6.45) is 2.84. The van der Waals surface area contributed by atoms with Crippen LogP contribution in [0, 0.1) is 10.1 Å². The van der Waals surface area contributed by atoms with Crippen molar-refractivity contribution in [2.24, 2.45) is 0 Å². The van der Waals surface area contributed by atoms with Gasteiger partial charge in [0.2, 0.25) is 15.8 Å². The van der Waals surface area contributed by atoms with Crippen LogP contribution in [-0.2, 0) is 10.0 Å². The van der Waals surface area contributed by atoms with Crippen LogP contribution < -0.4 is 5.32 Å². The predicted octanol–water partition coefficient (Wildman–Crippen LogP) is 3.02. The maximum Gasteiger partial charge on any atom is 0.311 e. The van der Waals surface area contributed by atoms with Crippen molar-refractivity contribution in [3.63, 3.8) is 0 Å². The van der Waals surface area contributed by atoms with E-state index in [0.29, 0.717) is 19.4 Å². The van der Waals surface area contributed by atoms with E-state index in [2.05, 4.69) is 26.2 Å². The standard InChI is InChI=1S/C16H17BrN4O4S/c17-12-5-7-14(8-6-12)26(24,25)20-10-2-3-13(11-20)19-16-15(21(22)23)4-1-9-18-16/h1,4-9,13H,2-3,10-11H2,(H,18,19). The van der Waals surface area contributed by atoms with Gasteiger partial charge >= 0.3 is 5.69 Å². The normalized spacial score (nSPS) is 18.4. The number of aromatic nitrogens is 1. The van der Waals surface area contributed by atoms with E-state index in [1.165, 1.54) is 22.6 Å². The van der Waals surface area contributed by atoms with Crippen molar-refractivity contribution in [3.05, 3.63) is 57.2 Å². The molecule has 0 radical (unpaired) electrons. The average Bonchev–Trinajstić information content (AvgIpc) is 2.62. The highest BCUT2D eigenvalue weighted by Gasteiger charge is 2.31. The van der Waals surface area contributed by atoms with E-state index in [0.717, 1.165) is 4.47 Å². The Morgan fingerprint density at radius 2 is 2.00 bits per heavy atom. The molecule has 1 aliphatic heterocycles. The molecule has 2 heterocycles. The minimum atomic E-state index is -3.61. The van der Waals surface area contributed by atoms with Crippen molar-refractivity contribution in [2.75, 3.05) is 18.4 Å². The Morgan fingerprint density at radius 3 is 2.69 bits per heavy atom. The van der Waals surface area contributed by atoms with Crippen molar-refractivity contribution in [2.45, 2.75) is 23.8 Å². The van der Waals surface area contributed by atoms with Gasteiger partial charge in [0, 0.05) is 35.9 Å². The van der Waals surface area contributed by atoms with Crippen LogP contribution in [0.5, 0.6) is 0 Å². The third kappa shape index (κ3) is 4.02. The fourth-order valence-electron chi connectivity index (χ4n) is 2.88. The van der Waals surface area contributed by atoms with Gasteiger partial charge in [-0.05, 0) is 43.2 Å². The lowest BCUT2D eigenvalue weighted by Gasteiger charge is -2.32. The predicted molar refractivity (Wildman–Crippen MR) is 100 cm³/mol. The van der Waals surface area contributed by atoms with Gasteiger partial charge < -0.3 is 5.32 Å². The van der Waals surface area contributed by atoms with E-state index in [-0.39, 0.29) is 29.0 Å². The fraction of sp³-hybridized carbons (Fsp3) is 0.312. The van der Waals surface area contributed by atoms with Crippen molar-refractivity contribution in [3.8, 4) is 0 Å². The summed E-state index contributed by atoms with van der Waals surface area (Å²) in [4.78, 5) is 14.9. The molecule has 26 heavy (non-hydrogen) atoms. The van der Waals surface area contributed by atoms with Crippen LogP contribution in [0.1, 0.15) is 12.8 Å². The molecule has 1 aromatic carbocycles. The Morgan fingerprint density at radius 1 is 1.27 bits per heavy atom. The first-order chi connectivity index (χ1) is 12.4. The van der Waals surface area contributed by atoms with Crippen molar-refractivity contribution in [1.29, 1.82) is 0 Å². The SMILES string of the molecule is O=[N+]([O-])c1cccnc1NC1CCCN(S(=O)(=O)c2ccc(Br)cc2)C1. The Kier molecular flexibility index (Phi) is 5.54. The minimum Gasteiger partial charge on any atom is -0.360 e. The lowest BCUT2D eigenvalue weighted by atomic mass is 10.1. The minimum absolute atomic E-state index is 0.125. The quantitative estimate of drug-likeness (QED) is 0.565. The number of piperidine rings is 1. The number of sulfonamides is 1. The Hall–Kier alpha value is -2.04. The lowest BCUT2D eigenvalue weighted by Crippen LogP contribution is -2.45. The number of rotatable bonds is 5. The van der Waals surface area contributed by atoms with Gasteiger partial charge in [-0.3, -0.25) is 10.1 Å². The first-order valence-corrected chi connectivity index (χ1v) is 10.2. The zero-order chi connectivity index (χ0) is 18.7. The molecule has 3 rings (SSSR count). The molecule has 10 heteroatoms. The summed E-state index contributed by atoms with van der Waals surface area (Å²) in [5.41, 5.74) is -0.125. The number of nitro groups is 1. The smallest absolute Gasteiger partial charge is 0.311 e. The van der Waals surface area contributed by atoms with Crippen LogP contribution in [0.15, 0.2) is 52.0 Å². The zero-order valence-corrected chi connectivity index (χ0v) is 16.1. The number of hydrogen-bond acceptors (Lipinski definition) is 6. The molecule has 2 aromatic rings. The molecule has 1 fully saturated rings. The molecule has 0 amide bonds. The van der Waals surface area contributed by atoms with Crippen molar-refractivity contribution in [1.82, 2.24) is 9.29 Å². The van der Waals surface area contributed by atoms with Gasteiger partial charge in [0.1, 0.15) is 0 Å². The molecule has 8 nitrogen and oxygen atoms in total. The molecule has 1 unspecified atom stereocenters. The molecule has 1 aliphatic rings. The molecular weight excluding hydrogens is 424 g/mol. The summed E-state index contributed by atoms with van der Waals surface area (Å²) in [5, 5.41) is 14.1. The van der Waals surface area contributed by atoms with Gasteiger partial charge in [-0.15, -0.1) is 0 Å². The monoisotopic (exact) mass is 440 g/mol. The van der Waals surface area contributed by atoms with Gasteiger partial charge in [-0.1, -0.05) is 15.9 Å². The van der Waals surface area contributed by atoms with Crippen molar-refractivity contribution < 1.29 is 13.3 Å².